The van der Waals surface area contributed by atoms with Gasteiger partial charge in [0.2, 0.25) is 6.41 Å². The molecule has 7 nitrogen and oxygen atoms in total. The second-order valence-corrected chi connectivity index (χ2v) is 6.73. The zero-order chi connectivity index (χ0) is 18.4. The van der Waals surface area contributed by atoms with Gasteiger partial charge in [-0.3, -0.25) is 9.89 Å². The molecule has 3 heterocycles. The number of carbonyl (C=O) groups is 1. The molecule has 0 fully saturated rings. The molecule has 2 N–H and O–H groups in total. The van der Waals surface area contributed by atoms with Crippen LogP contribution in [0.3, 0.4) is 0 Å². The zero-order valence-electron chi connectivity index (χ0n) is 14.7. The van der Waals surface area contributed by atoms with Gasteiger partial charge in [-0.1, -0.05) is 0 Å². The number of hydrogen-bond acceptors (Lipinski definition) is 5. The lowest BCUT2D eigenvalue weighted by atomic mass is 9.82. The number of pyridine rings is 1. The largest absolute Gasteiger partial charge is 0.344 e. The van der Waals surface area contributed by atoms with Crippen LogP contribution in [0, 0.1) is 13.8 Å². The molecule has 2 aromatic rings. The van der Waals surface area contributed by atoms with Crippen LogP contribution in [0.2, 0.25) is 0 Å². The predicted octanol–water partition coefficient (Wildman–Crippen LogP) is 2.04. The maximum absolute atomic E-state index is 14.8. The number of carbonyl (C=O) groups excluding carboxylic acids is 1. The van der Waals surface area contributed by atoms with Crippen molar-refractivity contribution in [1.82, 2.24) is 25.5 Å². The number of aromatic nitrogens is 3. The van der Waals surface area contributed by atoms with Crippen LogP contribution in [0.4, 0.5) is 4.39 Å². The summed E-state index contributed by atoms with van der Waals surface area (Å²) >= 11 is 0. The second kappa shape index (κ2) is 6.05. The van der Waals surface area contributed by atoms with Crippen molar-refractivity contribution in [3.63, 3.8) is 0 Å². The lowest BCUT2D eigenvalue weighted by Gasteiger charge is -2.28. The highest BCUT2D eigenvalue weighted by molar-refractivity contribution is 5.82. The van der Waals surface area contributed by atoms with E-state index in [4.69, 9.17) is 0 Å². The van der Waals surface area contributed by atoms with E-state index in [9.17, 15) is 9.18 Å². The summed E-state index contributed by atoms with van der Waals surface area (Å²) in [6.07, 6.45) is 5.76. The van der Waals surface area contributed by atoms with Gasteiger partial charge in [-0.15, -0.1) is 0 Å². The van der Waals surface area contributed by atoms with Crippen molar-refractivity contribution in [1.29, 1.82) is 0 Å². The minimum absolute atomic E-state index is 0.0724. The number of hydrogen-bond donors (Lipinski definition) is 2. The molecular formula is C18H19FN6O. The van der Waals surface area contributed by atoms with E-state index in [1.54, 1.807) is 24.4 Å². The number of nitrogens with zero attached hydrogens (tertiary/aromatic N) is 4. The fourth-order valence-corrected chi connectivity index (χ4v) is 3.65. The Bertz CT molecular complexity index is 947. The average molecular weight is 354 g/mol. The molecule has 134 valence electrons. The minimum Gasteiger partial charge on any atom is -0.344 e. The average Bonchev–Trinajstić information content (AvgIpc) is 3.25. The van der Waals surface area contributed by atoms with Crippen molar-refractivity contribution < 1.29 is 9.18 Å². The molecule has 1 aliphatic carbocycles. The second-order valence-electron chi connectivity index (χ2n) is 6.73. The van der Waals surface area contributed by atoms with Crippen molar-refractivity contribution >= 4 is 18.5 Å². The maximum atomic E-state index is 14.8. The van der Waals surface area contributed by atoms with Gasteiger partial charge < -0.3 is 10.3 Å². The molecule has 0 radical (unpaired) electrons. The van der Waals surface area contributed by atoms with Crippen LogP contribution in [0.1, 0.15) is 34.0 Å². The van der Waals surface area contributed by atoms with Crippen molar-refractivity contribution in [2.45, 2.75) is 32.4 Å². The van der Waals surface area contributed by atoms with E-state index in [-0.39, 0.29) is 17.8 Å². The molecule has 0 saturated heterocycles. The number of hydrazone groups is 1. The molecule has 2 aromatic heterocycles. The topological polar surface area (TPSA) is 86.3 Å². The summed E-state index contributed by atoms with van der Waals surface area (Å²) in [4.78, 5) is 17.4. The summed E-state index contributed by atoms with van der Waals surface area (Å²) < 4.78 is 14.8. The Balaban J connectivity index is 1.99. The van der Waals surface area contributed by atoms with Gasteiger partial charge in [0.1, 0.15) is 11.5 Å². The third-order valence-electron chi connectivity index (χ3n) is 5.02. The number of halogens is 1. The van der Waals surface area contributed by atoms with Crippen LogP contribution in [-0.2, 0) is 11.3 Å². The van der Waals surface area contributed by atoms with Gasteiger partial charge in [-0.25, -0.2) is 9.37 Å². The number of rotatable bonds is 4. The molecule has 26 heavy (non-hydrogen) atoms. The third kappa shape index (κ3) is 2.40. The van der Waals surface area contributed by atoms with E-state index < -0.39 is 0 Å². The Morgan fingerprint density at radius 3 is 2.85 bits per heavy atom. The molecule has 2 aliphatic rings. The van der Waals surface area contributed by atoms with Gasteiger partial charge in [0, 0.05) is 42.5 Å². The zero-order valence-corrected chi connectivity index (χ0v) is 14.7. The lowest BCUT2D eigenvalue weighted by molar-refractivity contribution is -0.117. The first-order valence-electron chi connectivity index (χ1n) is 8.37. The van der Waals surface area contributed by atoms with Crippen LogP contribution >= 0.6 is 0 Å². The Kier molecular flexibility index (Phi) is 3.82. The molecule has 0 spiro atoms. The molecule has 2 atom stereocenters. The highest BCUT2D eigenvalue weighted by Crippen LogP contribution is 2.41. The number of H-pyrrole nitrogens is 1. The summed E-state index contributed by atoms with van der Waals surface area (Å²) in [5, 5.41) is 11.1. The Morgan fingerprint density at radius 2 is 2.15 bits per heavy atom. The van der Waals surface area contributed by atoms with Gasteiger partial charge in [0.15, 0.2) is 0 Å². The monoisotopic (exact) mass is 354 g/mol. The fourth-order valence-electron chi connectivity index (χ4n) is 3.65. The first-order chi connectivity index (χ1) is 12.5. The predicted molar refractivity (Wildman–Crippen MR) is 96.1 cm³/mol. The highest BCUT2D eigenvalue weighted by atomic mass is 19.1. The Morgan fingerprint density at radius 1 is 1.35 bits per heavy atom. The third-order valence-corrected chi connectivity index (χ3v) is 5.02. The van der Waals surface area contributed by atoms with Gasteiger partial charge in [0.05, 0.1) is 17.9 Å². The summed E-state index contributed by atoms with van der Waals surface area (Å²) in [6.45, 7) is 4.22. The summed E-state index contributed by atoms with van der Waals surface area (Å²) in [7, 11) is 1.71. The van der Waals surface area contributed by atoms with Crippen molar-refractivity contribution in [3.8, 4) is 11.3 Å². The number of amides is 1. The van der Waals surface area contributed by atoms with Crippen LogP contribution in [0.5, 0.6) is 0 Å². The number of nitrogens with one attached hydrogen (secondary N) is 2. The van der Waals surface area contributed by atoms with Crippen molar-refractivity contribution in [3.05, 3.63) is 40.4 Å². The highest BCUT2D eigenvalue weighted by Gasteiger charge is 2.36. The first kappa shape index (κ1) is 16.4. The smallest absolute Gasteiger partial charge is 0.209 e. The van der Waals surface area contributed by atoms with Gasteiger partial charge in [0.25, 0.3) is 0 Å². The first-order valence-corrected chi connectivity index (χ1v) is 8.37. The van der Waals surface area contributed by atoms with Crippen molar-refractivity contribution in [2.75, 3.05) is 7.05 Å². The molecule has 1 amide bonds. The normalized spacial score (nSPS) is 20.2. The molecule has 0 saturated carbocycles. The Hall–Kier alpha value is -3.03. The quantitative estimate of drug-likeness (QED) is 0.823. The lowest BCUT2D eigenvalue weighted by Crippen LogP contribution is -2.29. The molecular weight excluding hydrogens is 335 g/mol. The Labute approximate surface area is 150 Å². The fraction of sp³-hybridized carbons (Fsp3) is 0.333. The van der Waals surface area contributed by atoms with Crippen LogP contribution in [-0.4, -0.2) is 45.8 Å². The summed E-state index contributed by atoms with van der Waals surface area (Å²) in [5.74, 6) is -0.433. The van der Waals surface area contributed by atoms with Crippen LogP contribution < -0.4 is 5.43 Å². The molecule has 1 aliphatic heterocycles. The van der Waals surface area contributed by atoms with E-state index in [0.717, 1.165) is 34.4 Å². The molecule has 2 unspecified atom stereocenters. The molecule has 0 aromatic carbocycles. The number of aryl methyl sites for hydroxylation is 1. The van der Waals surface area contributed by atoms with Crippen molar-refractivity contribution in [2.24, 2.45) is 5.10 Å². The SMILES string of the molecule is Cc1[nH]ncc1-c1nc2c(c(C)c1CN(C)C=O)C1C=NNC1C=C2F. The van der Waals surface area contributed by atoms with E-state index in [0.29, 0.717) is 17.9 Å². The molecule has 0 bridgehead atoms. The summed E-state index contributed by atoms with van der Waals surface area (Å²) in [6, 6.07) is -0.207. The van der Waals surface area contributed by atoms with E-state index >= 15 is 0 Å². The van der Waals surface area contributed by atoms with Gasteiger partial charge in [-0.2, -0.15) is 10.2 Å². The molecule has 4 rings (SSSR count). The summed E-state index contributed by atoms with van der Waals surface area (Å²) in [5.41, 5.74) is 8.19. The van der Waals surface area contributed by atoms with E-state index in [2.05, 4.69) is 25.7 Å². The minimum atomic E-state index is -0.361. The number of aromatic amines is 1. The van der Waals surface area contributed by atoms with Crippen LogP contribution in [0.25, 0.3) is 17.1 Å². The van der Waals surface area contributed by atoms with E-state index in [1.165, 1.54) is 6.08 Å². The number of fused-ring (bicyclic) bond motifs is 3. The molecule has 8 heteroatoms. The standard InChI is InChI=1S/C18H19FN6O/c1-9-13(7-25(3)8-26)17(11-5-20-23-10(11)2)22-18-14(19)4-15-12(16(9)18)6-21-24-15/h4-6,8,12,15,24H,7H2,1-3H3,(H,20,23). The van der Waals surface area contributed by atoms with E-state index in [1.807, 2.05) is 13.8 Å². The van der Waals surface area contributed by atoms with Gasteiger partial charge >= 0.3 is 0 Å². The van der Waals surface area contributed by atoms with Crippen LogP contribution in [0.15, 0.2) is 17.4 Å². The maximum Gasteiger partial charge on any atom is 0.209 e. The van der Waals surface area contributed by atoms with Gasteiger partial charge in [-0.05, 0) is 31.1 Å².